The highest BCUT2D eigenvalue weighted by Crippen LogP contribution is 2.55. The molecule has 2 aromatic heterocycles. The molecule has 0 atom stereocenters. The van der Waals surface area contributed by atoms with Gasteiger partial charge in [-0.1, -0.05) is 78.4 Å². The van der Waals surface area contributed by atoms with E-state index < -0.39 is 5.97 Å². The smallest absolute Gasteiger partial charge is 0.346 e. The lowest BCUT2D eigenvalue weighted by atomic mass is 10.1. The van der Waals surface area contributed by atoms with Crippen LogP contribution in [0.1, 0.15) is 96.8 Å². The Kier molecular flexibility index (Phi) is 16.9. The highest BCUT2D eigenvalue weighted by atomic mass is 79.9. The number of halogens is 1. The summed E-state index contributed by atoms with van der Waals surface area (Å²) in [5, 5.41) is 20.8. The lowest BCUT2D eigenvalue weighted by Gasteiger charge is -2.26. The fourth-order valence-electron chi connectivity index (χ4n) is 7.02. The van der Waals surface area contributed by atoms with Gasteiger partial charge < -0.3 is 29.0 Å². The van der Waals surface area contributed by atoms with E-state index in [4.69, 9.17) is 18.9 Å². The zero-order chi connectivity index (χ0) is 43.1. The molecular formula is C50H55BrN2O6S2. The van der Waals surface area contributed by atoms with Gasteiger partial charge in [-0.2, -0.15) is 5.26 Å². The number of rotatable bonds is 24. The van der Waals surface area contributed by atoms with Crippen molar-refractivity contribution in [2.75, 3.05) is 31.3 Å². The fraction of sp³-hybridized carbons (Fsp3) is 0.360. The molecular weight excluding hydrogens is 869 g/mol. The summed E-state index contributed by atoms with van der Waals surface area (Å²) < 4.78 is 27.9. The minimum atomic E-state index is -1.26. The summed E-state index contributed by atoms with van der Waals surface area (Å²) in [5.74, 6) is 1.90. The Morgan fingerprint density at radius 2 is 1.20 bits per heavy atom. The summed E-state index contributed by atoms with van der Waals surface area (Å²) in [4.78, 5) is 15.6. The van der Waals surface area contributed by atoms with Gasteiger partial charge in [0.1, 0.15) is 34.6 Å². The second kappa shape index (κ2) is 22.7. The van der Waals surface area contributed by atoms with Crippen LogP contribution >= 0.6 is 38.6 Å². The van der Waals surface area contributed by atoms with Crippen molar-refractivity contribution in [2.24, 2.45) is 0 Å². The molecule has 8 nitrogen and oxygen atoms in total. The Hall–Kier alpha value is -5.02. The molecule has 320 valence electrons. The Morgan fingerprint density at radius 1 is 0.672 bits per heavy atom. The largest absolute Gasteiger partial charge is 0.494 e. The molecule has 6 rings (SSSR count). The normalized spacial score (nSPS) is 11.5. The van der Waals surface area contributed by atoms with Crippen molar-refractivity contribution in [2.45, 2.75) is 91.9 Å². The molecule has 6 aromatic rings. The first kappa shape index (κ1) is 45.5. The first-order valence-electron chi connectivity index (χ1n) is 21.5. The van der Waals surface area contributed by atoms with Crippen LogP contribution in [0.2, 0.25) is 0 Å². The summed E-state index contributed by atoms with van der Waals surface area (Å²) in [5.41, 5.74) is 3.73. The van der Waals surface area contributed by atoms with Crippen LogP contribution in [0.5, 0.6) is 23.0 Å². The number of anilines is 3. The number of thiophene rings is 2. The minimum absolute atomic E-state index is 0.329. The number of carboxylic acids is 1. The lowest BCUT2D eigenvalue weighted by molar-refractivity contribution is -0.132. The van der Waals surface area contributed by atoms with Crippen molar-refractivity contribution < 1.29 is 28.8 Å². The van der Waals surface area contributed by atoms with E-state index in [-0.39, 0.29) is 5.57 Å². The molecule has 0 bridgehead atoms. The van der Waals surface area contributed by atoms with E-state index in [1.165, 1.54) is 55.9 Å². The number of hydrogen-bond donors (Lipinski definition) is 1. The van der Waals surface area contributed by atoms with Gasteiger partial charge in [-0.3, -0.25) is 0 Å². The average molecular weight is 924 g/mol. The Labute approximate surface area is 376 Å². The van der Waals surface area contributed by atoms with Crippen molar-refractivity contribution in [3.8, 4) is 39.5 Å². The van der Waals surface area contributed by atoms with Crippen molar-refractivity contribution in [1.29, 1.82) is 5.26 Å². The van der Waals surface area contributed by atoms with E-state index >= 15 is 0 Å². The molecule has 4 aromatic carbocycles. The van der Waals surface area contributed by atoms with Crippen molar-refractivity contribution in [1.82, 2.24) is 0 Å². The molecule has 0 saturated heterocycles. The van der Waals surface area contributed by atoms with E-state index in [9.17, 15) is 15.2 Å². The van der Waals surface area contributed by atoms with Gasteiger partial charge in [0.25, 0.3) is 0 Å². The van der Waals surface area contributed by atoms with Crippen LogP contribution in [0.3, 0.4) is 0 Å². The number of fused-ring (bicyclic) bond motifs is 2. The number of nitriles is 1. The second-order valence-electron chi connectivity index (χ2n) is 14.9. The number of benzene rings is 4. The Bertz CT molecular complexity index is 2370. The van der Waals surface area contributed by atoms with Crippen LogP contribution in [0, 0.1) is 11.3 Å². The van der Waals surface area contributed by atoms with Crippen LogP contribution < -0.4 is 23.8 Å². The van der Waals surface area contributed by atoms with Gasteiger partial charge in [0.2, 0.25) is 0 Å². The van der Waals surface area contributed by atoms with Gasteiger partial charge in [-0.05, 0) is 120 Å². The Balaban J connectivity index is 1.38. The van der Waals surface area contributed by atoms with E-state index in [1.807, 2.05) is 30.3 Å². The number of aliphatic carboxylic acids is 1. The molecule has 61 heavy (non-hydrogen) atoms. The number of carbonyl (C=O) groups is 1. The minimum Gasteiger partial charge on any atom is -0.494 e. The van der Waals surface area contributed by atoms with Gasteiger partial charge in [0.05, 0.1) is 41.2 Å². The van der Waals surface area contributed by atoms with Gasteiger partial charge in [0, 0.05) is 36.7 Å². The van der Waals surface area contributed by atoms with E-state index in [2.05, 4.69) is 97.1 Å². The molecule has 0 aliphatic carbocycles. The van der Waals surface area contributed by atoms with Gasteiger partial charge in [-0.15, -0.1) is 22.7 Å². The summed E-state index contributed by atoms with van der Waals surface area (Å²) in [6.45, 7) is 11.0. The van der Waals surface area contributed by atoms with Crippen LogP contribution in [-0.2, 0) is 4.79 Å². The maximum absolute atomic E-state index is 11.7. The molecule has 0 spiro atoms. The first-order valence-corrected chi connectivity index (χ1v) is 23.9. The van der Waals surface area contributed by atoms with Crippen LogP contribution in [0.25, 0.3) is 36.7 Å². The fourth-order valence-corrected chi connectivity index (χ4v) is 10.3. The summed E-state index contributed by atoms with van der Waals surface area (Å²) in [6.07, 6.45) is 12.3. The molecule has 0 unspecified atom stereocenters. The van der Waals surface area contributed by atoms with E-state index in [1.54, 1.807) is 17.4 Å². The SMILES string of the molecule is CCCCCCOc1ccc(N(c2ccc(OCCCCCC)cc2)c2ccc(-c3sc4c(OCCC)c5cc(/C=C(/C#N)C(=O)O)sc5c(OCCC)c4c3Br)cc2)cc1. The maximum atomic E-state index is 11.7. The predicted octanol–water partition coefficient (Wildman–Crippen LogP) is 15.5. The standard InChI is InChI=1S/C50H55BrN2O6S2/c1-5-9-11-13-29-56-39-23-19-37(20-24-39)53(38-21-25-40(26-22-38)57-30-14-12-10-6-2)36-17-15-34(16-18-36)47-44(51)43-46(59-28-8-4)48-42(45(49(43)61-47)58-27-7-3)32-41(60-48)31-35(33-52)50(54)55/h15-26,31-32H,5-14,27-30H2,1-4H3,(H,54,55)/b35-31-. The van der Waals surface area contributed by atoms with E-state index in [0.29, 0.717) is 37.1 Å². The predicted molar refractivity (Wildman–Crippen MR) is 257 cm³/mol. The van der Waals surface area contributed by atoms with Crippen molar-refractivity contribution in [3.05, 3.63) is 93.8 Å². The third-order valence-electron chi connectivity index (χ3n) is 10.1. The van der Waals surface area contributed by atoms with Crippen molar-refractivity contribution in [3.63, 3.8) is 0 Å². The third-order valence-corrected chi connectivity index (χ3v) is 13.5. The van der Waals surface area contributed by atoms with Gasteiger partial charge in [-0.25, -0.2) is 4.79 Å². The number of nitrogens with zero attached hydrogens (tertiary/aromatic N) is 2. The number of carboxylic acid groups (broad SMARTS) is 1. The molecule has 0 saturated carbocycles. The monoisotopic (exact) mass is 922 g/mol. The highest BCUT2D eigenvalue weighted by molar-refractivity contribution is 9.10. The van der Waals surface area contributed by atoms with Gasteiger partial charge in [0.15, 0.2) is 0 Å². The average Bonchev–Trinajstić information content (AvgIpc) is 3.86. The lowest BCUT2D eigenvalue weighted by Crippen LogP contribution is -2.10. The summed E-state index contributed by atoms with van der Waals surface area (Å²) in [7, 11) is 0. The molecule has 0 aliphatic rings. The molecule has 2 heterocycles. The third kappa shape index (κ3) is 11.3. The molecule has 1 N–H and O–H groups in total. The van der Waals surface area contributed by atoms with Crippen molar-refractivity contribution >= 4 is 87.9 Å². The number of unbranched alkanes of at least 4 members (excludes halogenated alkanes) is 6. The summed E-state index contributed by atoms with van der Waals surface area (Å²) >= 11 is 7.03. The topological polar surface area (TPSA) is 101 Å². The van der Waals surface area contributed by atoms with Gasteiger partial charge >= 0.3 is 5.97 Å². The molecule has 0 aliphatic heterocycles. The summed E-state index contributed by atoms with van der Waals surface area (Å²) in [6, 6.07) is 29.0. The zero-order valence-corrected chi connectivity index (χ0v) is 38.8. The molecule has 0 radical (unpaired) electrons. The van der Waals surface area contributed by atoms with Crippen LogP contribution in [0.4, 0.5) is 17.1 Å². The Morgan fingerprint density at radius 3 is 1.69 bits per heavy atom. The second-order valence-corrected chi connectivity index (χ2v) is 17.8. The number of ether oxygens (including phenoxy) is 4. The van der Waals surface area contributed by atoms with E-state index in [0.717, 1.165) is 95.1 Å². The van der Waals surface area contributed by atoms with Crippen LogP contribution in [-0.4, -0.2) is 37.5 Å². The molecule has 0 fully saturated rings. The molecule has 11 heteroatoms. The molecule has 0 amide bonds. The van der Waals surface area contributed by atoms with Crippen LogP contribution in [0.15, 0.2) is 88.9 Å². The highest BCUT2D eigenvalue weighted by Gasteiger charge is 2.26. The number of hydrogen-bond acceptors (Lipinski definition) is 9. The first-order chi connectivity index (χ1) is 29.8. The zero-order valence-electron chi connectivity index (χ0n) is 35.6. The quantitative estimate of drug-likeness (QED) is 0.0364. The maximum Gasteiger partial charge on any atom is 0.346 e.